The Hall–Kier alpha value is -2.75. The molecule has 0 saturated carbocycles. The van der Waals surface area contributed by atoms with E-state index >= 15 is 0 Å². The SMILES string of the molecule is Cc1ccc(Nc2nc(CSc3nnc(-c4ccc(F)cc4)n3CC3CCCO3)cs2)cc1. The molecule has 33 heavy (non-hydrogen) atoms. The Labute approximate surface area is 200 Å². The highest BCUT2D eigenvalue weighted by molar-refractivity contribution is 7.98. The van der Waals surface area contributed by atoms with Crippen LogP contribution in [-0.2, 0) is 17.0 Å². The van der Waals surface area contributed by atoms with Crippen LogP contribution in [-0.4, -0.2) is 32.5 Å². The summed E-state index contributed by atoms with van der Waals surface area (Å²) in [4.78, 5) is 4.71. The van der Waals surface area contributed by atoms with Gasteiger partial charge in [-0.25, -0.2) is 9.37 Å². The quantitative estimate of drug-likeness (QED) is 0.309. The van der Waals surface area contributed by atoms with E-state index in [2.05, 4.69) is 56.7 Å². The predicted octanol–water partition coefficient (Wildman–Crippen LogP) is 6.06. The lowest BCUT2D eigenvalue weighted by atomic mass is 10.2. The molecule has 1 N–H and O–H groups in total. The summed E-state index contributed by atoms with van der Waals surface area (Å²) >= 11 is 3.18. The van der Waals surface area contributed by atoms with Crippen LogP contribution in [0.25, 0.3) is 11.4 Å². The van der Waals surface area contributed by atoms with Gasteiger partial charge in [0.05, 0.1) is 18.3 Å². The third-order valence-corrected chi connectivity index (χ3v) is 7.24. The van der Waals surface area contributed by atoms with Crippen LogP contribution >= 0.6 is 23.1 Å². The monoisotopic (exact) mass is 481 g/mol. The fourth-order valence-corrected chi connectivity index (χ4v) is 5.37. The van der Waals surface area contributed by atoms with Crippen molar-refractivity contribution in [3.05, 3.63) is 71.0 Å². The summed E-state index contributed by atoms with van der Waals surface area (Å²) in [7, 11) is 0. The number of benzene rings is 2. The average molecular weight is 482 g/mol. The van der Waals surface area contributed by atoms with Gasteiger partial charge in [0.1, 0.15) is 5.82 Å². The highest BCUT2D eigenvalue weighted by Crippen LogP contribution is 2.30. The summed E-state index contributed by atoms with van der Waals surface area (Å²) < 4.78 is 21.4. The van der Waals surface area contributed by atoms with Gasteiger partial charge in [-0.05, 0) is 56.2 Å². The summed E-state index contributed by atoms with van der Waals surface area (Å²) in [5.74, 6) is 1.14. The van der Waals surface area contributed by atoms with Gasteiger partial charge in [0.25, 0.3) is 0 Å². The number of anilines is 2. The van der Waals surface area contributed by atoms with E-state index in [9.17, 15) is 4.39 Å². The zero-order chi connectivity index (χ0) is 22.6. The molecule has 0 bridgehead atoms. The van der Waals surface area contributed by atoms with Gasteiger partial charge in [-0.15, -0.1) is 21.5 Å². The smallest absolute Gasteiger partial charge is 0.191 e. The van der Waals surface area contributed by atoms with Gasteiger partial charge >= 0.3 is 0 Å². The van der Waals surface area contributed by atoms with Crippen molar-refractivity contribution in [2.24, 2.45) is 0 Å². The number of halogens is 1. The van der Waals surface area contributed by atoms with E-state index in [0.717, 1.165) is 52.5 Å². The number of rotatable bonds is 8. The maximum Gasteiger partial charge on any atom is 0.191 e. The summed E-state index contributed by atoms with van der Waals surface area (Å²) in [6.07, 6.45) is 2.23. The molecule has 1 saturated heterocycles. The van der Waals surface area contributed by atoms with Crippen LogP contribution in [0.3, 0.4) is 0 Å². The van der Waals surface area contributed by atoms with Crippen molar-refractivity contribution in [3.63, 3.8) is 0 Å². The maximum atomic E-state index is 13.4. The van der Waals surface area contributed by atoms with E-state index in [1.807, 2.05) is 0 Å². The number of aromatic nitrogens is 4. The number of thiazole rings is 1. The molecular formula is C24H24FN5OS2. The molecule has 6 nitrogen and oxygen atoms in total. The van der Waals surface area contributed by atoms with Gasteiger partial charge in [-0.3, -0.25) is 4.57 Å². The van der Waals surface area contributed by atoms with Crippen molar-refractivity contribution in [3.8, 4) is 11.4 Å². The molecule has 9 heteroatoms. The lowest BCUT2D eigenvalue weighted by Crippen LogP contribution is -2.16. The zero-order valence-corrected chi connectivity index (χ0v) is 19.8. The highest BCUT2D eigenvalue weighted by atomic mass is 32.2. The number of nitrogens with zero attached hydrogens (tertiary/aromatic N) is 4. The minimum absolute atomic E-state index is 0.143. The van der Waals surface area contributed by atoms with Gasteiger partial charge < -0.3 is 10.1 Å². The lowest BCUT2D eigenvalue weighted by Gasteiger charge is -2.14. The maximum absolute atomic E-state index is 13.4. The number of aryl methyl sites for hydroxylation is 1. The number of thioether (sulfide) groups is 1. The Balaban J connectivity index is 1.31. The molecule has 1 fully saturated rings. The van der Waals surface area contributed by atoms with Gasteiger partial charge in [0.15, 0.2) is 16.1 Å². The van der Waals surface area contributed by atoms with Crippen LogP contribution in [0.4, 0.5) is 15.2 Å². The molecule has 0 aliphatic carbocycles. The van der Waals surface area contributed by atoms with Gasteiger partial charge in [-0.1, -0.05) is 29.5 Å². The molecule has 170 valence electrons. The Morgan fingerprint density at radius 1 is 1.15 bits per heavy atom. The fourth-order valence-electron chi connectivity index (χ4n) is 3.69. The van der Waals surface area contributed by atoms with Gasteiger partial charge in [0.2, 0.25) is 0 Å². The second-order valence-electron chi connectivity index (χ2n) is 7.98. The standard InChI is InChI=1S/C24H24FN5OS2/c1-16-4-10-19(11-5-16)26-23-27-20(14-32-23)15-33-24-29-28-22(17-6-8-18(25)9-7-17)30(24)13-21-3-2-12-31-21/h4-11,14,21H,2-3,12-13,15H2,1H3,(H,26,27). The number of ether oxygens (including phenoxy) is 1. The first-order chi connectivity index (χ1) is 16.1. The molecule has 0 radical (unpaired) electrons. The van der Waals surface area contributed by atoms with Crippen LogP contribution in [0.2, 0.25) is 0 Å². The summed E-state index contributed by atoms with van der Waals surface area (Å²) in [5.41, 5.74) is 4.07. The first kappa shape index (κ1) is 22.1. The highest BCUT2D eigenvalue weighted by Gasteiger charge is 2.22. The first-order valence-corrected chi connectivity index (χ1v) is 12.7. The van der Waals surface area contributed by atoms with E-state index < -0.39 is 0 Å². The largest absolute Gasteiger partial charge is 0.376 e. The molecule has 1 aliphatic rings. The van der Waals surface area contributed by atoms with Crippen molar-refractivity contribution >= 4 is 33.9 Å². The fraction of sp³-hybridized carbons (Fsp3) is 0.292. The molecule has 1 aliphatic heterocycles. The molecule has 1 unspecified atom stereocenters. The minimum atomic E-state index is -0.267. The molecule has 4 aromatic rings. The molecule has 2 aromatic heterocycles. The van der Waals surface area contributed by atoms with Crippen molar-refractivity contribution in [2.75, 3.05) is 11.9 Å². The average Bonchev–Trinajstić information content (AvgIpc) is 3.57. The molecular weight excluding hydrogens is 457 g/mol. The van der Waals surface area contributed by atoms with Crippen LogP contribution in [0.5, 0.6) is 0 Å². The zero-order valence-electron chi connectivity index (χ0n) is 18.2. The second-order valence-corrected chi connectivity index (χ2v) is 9.78. The molecule has 0 spiro atoms. The number of hydrogen-bond acceptors (Lipinski definition) is 7. The van der Waals surface area contributed by atoms with Crippen molar-refractivity contribution in [1.29, 1.82) is 0 Å². The van der Waals surface area contributed by atoms with E-state index in [0.29, 0.717) is 12.3 Å². The third kappa shape index (κ3) is 5.43. The number of hydrogen-bond donors (Lipinski definition) is 1. The Morgan fingerprint density at radius 2 is 1.97 bits per heavy atom. The molecule has 2 aromatic carbocycles. The molecule has 5 rings (SSSR count). The predicted molar refractivity (Wildman–Crippen MR) is 131 cm³/mol. The Bertz CT molecular complexity index is 1200. The molecule has 3 heterocycles. The molecule has 0 amide bonds. The Kier molecular flexibility index (Phi) is 6.70. The van der Waals surface area contributed by atoms with E-state index in [1.165, 1.54) is 17.7 Å². The first-order valence-electron chi connectivity index (χ1n) is 10.9. The van der Waals surface area contributed by atoms with Crippen LogP contribution in [0, 0.1) is 12.7 Å². The third-order valence-electron chi connectivity index (χ3n) is 5.43. The van der Waals surface area contributed by atoms with Crippen molar-refractivity contribution in [2.45, 2.75) is 43.3 Å². The van der Waals surface area contributed by atoms with Crippen molar-refractivity contribution < 1.29 is 9.13 Å². The summed E-state index contributed by atoms with van der Waals surface area (Å²) in [6, 6.07) is 14.6. The van der Waals surface area contributed by atoms with Crippen LogP contribution in [0.15, 0.2) is 59.1 Å². The number of nitrogens with one attached hydrogen (secondary N) is 1. The lowest BCUT2D eigenvalue weighted by molar-refractivity contribution is 0.0953. The summed E-state index contributed by atoms with van der Waals surface area (Å²) in [6.45, 7) is 3.54. The van der Waals surface area contributed by atoms with E-state index in [4.69, 9.17) is 9.72 Å². The molecule has 1 atom stereocenters. The van der Waals surface area contributed by atoms with E-state index in [1.54, 1.807) is 35.2 Å². The van der Waals surface area contributed by atoms with Crippen LogP contribution in [0.1, 0.15) is 24.1 Å². The second kappa shape index (κ2) is 10.0. The van der Waals surface area contributed by atoms with Gasteiger partial charge in [-0.2, -0.15) is 0 Å². The van der Waals surface area contributed by atoms with Gasteiger partial charge in [0, 0.05) is 29.0 Å². The minimum Gasteiger partial charge on any atom is -0.376 e. The van der Waals surface area contributed by atoms with Crippen molar-refractivity contribution in [1.82, 2.24) is 19.7 Å². The topological polar surface area (TPSA) is 64.9 Å². The van der Waals surface area contributed by atoms with E-state index in [-0.39, 0.29) is 11.9 Å². The normalized spacial score (nSPS) is 15.8. The van der Waals surface area contributed by atoms with Crippen LogP contribution < -0.4 is 5.32 Å². The Morgan fingerprint density at radius 3 is 2.73 bits per heavy atom. The summed E-state index contributed by atoms with van der Waals surface area (Å²) in [5, 5.41) is 16.0.